The molecular formula is C3H10NNaO3S. The second-order valence-electron chi connectivity index (χ2n) is 1.56. The largest absolute Gasteiger partial charge is 1.00 e. The fourth-order valence-corrected chi connectivity index (χ4v) is 0.365. The third-order valence-corrected chi connectivity index (χ3v) is 2.05. The molecule has 3 N–H and O–H groups in total. The Hall–Kier alpha value is 0.870. The van der Waals surface area contributed by atoms with E-state index in [9.17, 15) is 8.42 Å². The summed E-state index contributed by atoms with van der Waals surface area (Å²) in [4.78, 5) is 0. The quantitative estimate of drug-likeness (QED) is 0.325. The maximum absolute atomic E-state index is 10.0. The Morgan fingerprint density at radius 2 is 2.11 bits per heavy atom. The summed E-state index contributed by atoms with van der Waals surface area (Å²) in [5.74, 6) is 0. The van der Waals surface area contributed by atoms with Gasteiger partial charge in [-0.15, -0.1) is 0 Å². The Morgan fingerprint density at radius 1 is 1.78 bits per heavy atom. The van der Waals surface area contributed by atoms with Gasteiger partial charge in [0.2, 0.25) is 0 Å². The minimum Gasteiger partial charge on any atom is -1.00 e. The summed E-state index contributed by atoms with van der Waals surface area (Å²) >= 11 is 0. The second-order valence-corrected chi connectivity index (χ2v) is 3.40. The first kappa shape index (κ1) is 12.5. The topological polar surface area (TPSA) is 80.4 Å². The molecule has 0 rings (SSSR count). The molecule has 4 nitrogen and oxygen atoms in total. The minimum atomic E-state index is -3.88. The van der Waals surface area contributed by atoms with Crippen LogP contribution < -0.4 is 35.3 Å². The summed E-state index contributed by atoms with van der Waals surface area (Å²) in [5, 5.41) is -0.845. The summed E-state index contributed by atoms with van der Waals surface area (Å²) in [6.07, 6.45) is 0. The summed E-state index contributed by atoms with van der Waals surface area (Å²) in [6.45, 7) is 1.30. The van der Waals surface area contributed by atoms with Gasteiger partial charge in [0.1, 0.15) is 0 Å². The van der Waals surface area contributed by atoms with Crippen LogP contribution in [0.15, 0.2) is 0 Å². The van der Waals surface area contributed by atoms with Crippen LogP contribution in [0.25, 0.3) is 0 Å². The third kappa shape index (κ3) is 5.32. The van der Waals surface area contributed by atoms with Crippen LogP contribution >= 0.6 is 0 Å². The van der Waals surface area contributed by atoms with Gasteiger partial charge in [-0.2, -0.15) is 8.42 Å². The third-order valence-electron chi connectivity index (χ3n) is 0.840. The van der Waals surface area contributed by atoms with E-state index in [4.69, 9.17) is 10.3 Å². The predicted molar refractivity (Wildman–Crippen MR) is 31.2 cm³/mol. The number of hydrogen-bond acceptors (Lipinski definition) is 3. The number of rotatable bonds is 2. The van der Waals surface area contributed by atoms with Crippen molar-refractivity contribution in [3.8, 4) is 0 Å². The molecule has 0 radical (unpaired) electrons. The van der Waals surface area contributed by atoms with Crippen LogP contribution in [0.4, 0.5) is 0 Å². The normalized spacial score (nSPS) is 14.1. The maximum atomic E-state index is 10.0. The minimum absolute atomic E-state index is 0. The molecule has 0 amide bonds. The molecular weight excluding hydrogens is 153 g/mol. The van der Waals surface area contributed by atoms with Crippen molar-refractivity contribution in [1.29, 1.82) is 0 Å². The zero-order valence-corrected chi connectivity index (χ0v) is 8.35. The molecule has 0 bridgehead atoms. The second kappa shape index (κ2) is 4.65. The van der Waals surface area contributed by atoms with Crippen molar-refractivity contribution in [2.24, 2.45) is 5.73 Å². The van der Waals surface area contributed by atoms with E-state index in [0.717, 1.165) is 0 Å². The summed E-state index contributed by atoms with van der Waals surface area (Å²) < 4.78 is 28.3. The van der Waals surface area contributed by atoms with Crippen LogP contribution in [0.3, 0.4) is 0 Å². The first-order valence-electron chi connectivity index (χ1n) is 2.15. The molecule has 0 spiro atoms. The summed E-state index contributed by atoms with van der Waals surface area (Å²) in [7, 11) is -3.88. The van der Waals surface area contributed by atoms with E-state index in [1.807, 2.05) is 0 Å². The van der Waals surface area contributed by atoms with Gasteiger partial charge < -0.3 is 7.16 Å². The Morgan fingerprint density at radius 3 is 2.11 bits per heavy atom. The van der Waals surface area contributed by atoms with Crippen LogP contribution in [0.2, 0.25) is 0 Å². The van der Waals surface area contributed by atoms with Gasteiger partial charge >= 0.3 is 29.6 Å². The molecule has 9 heavy (non-hydrogen) atoms. The fourth-order valence-electron chi connectivity index (χ4n) is 0.122. The van der Waals surface area contributed by atoms with Gasteiger partial charge in [-0.3, -0.25) is 4.55 Å². The first-order chi connectivity index (χ1) is 3.48. The Balaban J connectivity index is -0.000000245. The van der Waals surface area contributed by atoms with Crippen LogP contribution in [0, 0.1) is 0 Å². The summed E-state index contributed by atoms with van der Waals surface area (Å²) in [6, 6.07) is 0. The number of nitrogens with two attached hydrogens (primary N) is 1. The van der Waals surface area contributed by atoms with Crippen LogP contribution in [-0.2, 0) is 10.1 Å². The van der Waals surface area contributed by atoms with Gasteiger partial charge in [0.25, 0.3) is 10.1 Å². The van der Waals surface area contributed by atoms with Crippen molar-refractivity contribution in [1.82, 2.24) is 0 Å². The molecule has 0 aromatic carbocycles. The molecule has 1 atom stereocenters. The monoisotopic (exact) mass is 163 g/mol. The van der Waals surface area contributed by atoms with Crippen molar-refractivity contribution in [2.45, 2.75) is 12.2 Å². The summed E-state index contributed by atoms with van der Waals surface area (Å²) in [5.41, 5.74) is 4.92. The average Bonchev–Trinajstić information content (AvgIpc) is 1.62. The molecule has 52 valence electrons. The Labute approximate surface area is 78.3 Å². The maximum Gasteiger partial charge on any atom is 1.00 e. The number of hydrogen-bond donors (Lipinski definition) is 2. The predicted octanol–water partition coefficient (Wildman–Crippen LogP) is -3.66. The van der Waals surface area contributed by atoms with E-state index in [-0.39, 0.29) is 37.5 Å². The van der Waals surface area contributed by atoms with Gasteiger partial charge in [-0.1, -0.05) is 0 Å². The molecule has 0 saturated heterocycles. The van der Waals surface area contributed by atoms with Gasteiger partial charge in [0.05, 0.1) is 5.25 Å². The van der Waals surface area contributed by atoms with Crippen molar-refractivity contribution >= 4 is 10.1 Å². The van der Waals surface area contributed by atoms with E-state index in [2.05, 4.69) is 0 Å². The molecule has 6 heteroatoms. The van der Waals surface area contributed by atoms with Gasteiger partial charge in [0, 0.05) is 6.54 Å². The first-order valence-corrected chi connectivity index (χ1v) is 3.65. The zero-order valence-electron chi connectivity index (χ0n) is 6.53. The standard InChI is InChI=1S/C3H9NO3S.Na.H/c1-3(2-4)8(5,6)7;;/h3H,2,4H2,1H3,(H,5,6,7);;/q;+1;-1. The van der Waals surface area contributed by atoms with E-state index < -0.39 is 15.4 Å². The van der Waals surface area contributed by atoms with Crippen LogP contribution in [-0.4, -0.2) is 24.8 Å². The van der Waals surface area contributed by atoms with Gasteiger partial charge in [0.15, 0.2) is 0 Å². The molecule has 0 heterocycles. The van der Waals surface area contributed by atoms with E-state index in [1.165, 1.54) is 6.92 Å². The SMILES string of the molecule is CC(CN)S(=O)(=O)O.[H-].[Na+]. The molecule has 0 fully saturated rings. The molecule has 0 aliphatic rings. The zero-order chi connectivity index (χ0) is 6.78. The molecule has 0 aromatic heterocycles. The van der Waals surface area contributed by atoms with Crippen LogP contribution in [0.5, 0.6) is 0 Å². The van der Waals surface area contributed by atoms with Gasteiger partial charge in [-0.05, 0) is 6.92 Å². The molecule has 0 aliphatic carbocycles. The van der Waals surface area contributed by atoms with Crippen molar-refractivity contribution in [2.75, 3.05) is 6.54 Å². The molecule has 0 aliphatic heterocycles. The molecule has 0 aromatic rings. The van der Waals surface area contributed by atoms with E-state index >= 15 is 0 Å². The molecule has 0 saturated carbocycles. The van der Waals surface area contributed by atoms with Crippen molar-refractivity contribution in [3.63, 3.8) is 0 Å². The Bertz CT molecular complexity index is 159. The smallest absolute Gasteiger partial charge is 1.00 e. The average molecular weight is 163 g/mol. The Kier molecular flexibility index (Phi) is 6.48. The van der Waals surface area contributed by atoms with Crippen LogP contribution in [0.1, 0.15) is 8.35 Å². The molecule has 1 unspecified atom stereocenters. The van der Waals surface area contributed by atoms with E-state index in [0.29, 0.717) is 0 Å². The van der Waals surface area contributed by atoms with Crippen molar-refractivity contribution < 1.29 is 44.0 Å². The van der Waals surface area contributed by atoms with Crippen molar-refractivity contribution in [3.05, 3.63) is 0 Å². The van der Waals surface area contributed by atoms with Gasteiger partial charge in [-0.25, -0.2) is 0 Å². The fraction of sp³-hybridized carbons (Fsp3) is 1.00. The van der Waals surface area contributed by atoms with E-state index in [1.54, 1.807) is 0 Å².